The Hall–Kier alpha value is -3.80. The molecule has 3 aromatic carbocycles. The Morgan fingerprint density at radius 3 is 2.08 bits per heavy atom. The molecule has 5 rings (SSSR count). The zero-order valence-corrected chi connectivity index (χ0v) is 21.5. The van der Waals surface area contributed by atoms with E-state index in [4.69, 9.17) is 4.74 Å². The maximum absolute atomic E-state index is 12.8. The van der Waals surface area contributed by atoms with Crippen LogP contribution in [0.15, 0.2) is 60.7 Å². The molecule has 1 fully saturated rings. The van der Waals surface area contributed by atoms with Gasteiger partial charge in [-0.3, -0.25) is 0 Å². The second-order valence-electron chi connectivity index (χ2n) is 10.2. The summed E-state index contributed by atoms with van der Waals surface area (Å²) in [7, 11) is 0. The number of aryl methyl sites for hydroxylation is 2. The summed E-state index contributed by atoms with van der Waals surface area (Å²) in [5.74, 6) is -1.15. The molecule has 0 saturated carbocycles. The standard InChI is InChI=1S/C31H34N2O4/c1-20-16-22(33-14-8-3-9-15-33)17-21(2)27(20)18-29(30(34)35)32-31(36)37-19-28-25-12-6-4-10-23(25)24-11-5-7-13-26(24)28/h4-7,10-13,16-17,28-29H,3,8-9,14-15,18-19H2,1-2H3,(H,32,36)(H,34,35). The predicted octanol–water partition coefficient (Wildman–Crippen LogP) is 5.83. The molecule has 37 heavy (non-hydrogen) atoms. The van der Waals surface area contributed by atoms with Crippen LogP contribution in [0.5, 0.6) is 0 Å². The third-order valence-corrected chi connectivity index (χ3v) is 7.74. The van der Waals surface area contributed by atoms with Crippen LogP contribution in [-0.2, 0) is 16.0 Å². The number of fused-ring (bicyclic) bond motifs is 3. The number of carboxylic acids is 1. The number of nitrogens with one attached hydrogen (secondary N) is 1. The number of carboxylic acid groups (broad SMARTS) is 1. The van der Waals surface area contributed by atoms with Crippen LogP contribution in [-0.4, -0.2) is 42.9 Å². The maximum atomic E-state index is 12.8. The van der Waals surface area contributed by atoms with Gasteiger partial charge >= 0.3 is 12.1 Å². The molecule has 1 aliphatic carbocycles. The lowest BCUT2D eigenvalue weighted by molar-refractivity contribution is -0.139. The number of hydrogen-bond donors (Lipinski definition) is 2. The fourth-order valence-electron chi connectivity index (χ4n) is 5.81. The minimum absolute atomic E-state index is 0.0757. The van der Waals surface area contributed by atoms with Gasteiger partial charge in [0.15, 0.2) is 0 Å². The van der Waals surface area contributed by atoms with E-state index >= 15 is 0 Å². The van der Waals surface area contributed by atoms with Gasteiger partial charge < -0.3 is 20.1 Å². The molecular weight excluding hydrogens is 464 g/mol. The van der Waals surface area contributed by atoms with Crippen LogP contribution >= 0.6 is 0 Å². The summed E-state index contributed by atoms with van der Waals surface area (Å²) in [6.07, 6.45) is 3.16. The molecule has 1 heterocycles. The summed E-state index contributed by atoms with van der Waals surface area (Å²) in [4.78, 5) is 27.2. The van der Waals surface area contributed by atoms with Crippen LogP contribution in [0.25, 0.3) is 11.1 Å². The van der Waals surface area contributed by atoms with Gasteiger partial charge in [0, 0.05) is 31.1 Å². The molecular formula is C31H34N2O4. The molecule has 192 valence electrons. The van der Waals surface area contributed by atoms with E-state index in [9.17, 15) is 14.7 Å². The summed E-state index contributed by atoms with van der Waals surface area (Å²) in [6, 6.07) is 19.5. The van der Waals surface area contributed by atoms with Crippen LogP contribution < -0.4 is 10.2 Å². The second-order valence-corrected chi connectivity index (χ2v) is 10.2. The highest BCUT2D eigenvalue weighted by Crippen LogP contribution is 2.44. The Kier molecular flexibility index (Phi) is 7.17. The Morgan fingerprint density at radius 2 is 1.51 bits per heavy atom. The molecule has 2 aliphatic rings. The third kappa shape index (κ3) is 5.19. The minimum atomic E-state index is -1.08. The van der Waals surface area contributed by atoms with Gasteiger partial charge in [-0.15, -0.1) is 0 Å². The van der Waals surface area contributed by atoms with Gasteiger partial charge in [0.25, 0.3) is 0 Å². The largest absolute Gasteiger partial charge is 0.480 e. The van der Waals surface area contributed by atoms with Crippen molar-refractivity contribution in [2.75, 3.05) is 24.6 Å². The van der Waals surface area contributed by atoms with Gasteiger partial charge in [0.1, 0.15) is 12.6 Å². The molecule has 1 atom stereocenters. The van der Waals surface area contributed by atoms with E-state index in [2.05, 4.69) is 46.6 Å². The zero-order valence-electron chi connectivity index (χ0n) is 21.5. The summed E-state index contributed by atoms with van der Waals surface area (Å²) >= 11 is 0. The Bertz CT molecular complexity index is 1240. The number of benzene rings is 3. The number of hydrogen-bond acceptors (Lipinski definition) is 4. The molecule has 2 N–H and O–H groups in total. The van der Waals surface area contributed by atoms with Crippen LogP contribution in [0.2, 0.25) is 0 Å². The van der Waals surface area contributed by atoms with Crippen LogP contribution in [0, 0.1) is 13.8 Å². The predicted molar refractivity (Wildman–Crippen MR) is 145 cm³/mol. The first-order valence-electron chi connectivity index (χ1n) is 13.1. The van der Waals surface area contributed by atoms with Crippen molar-refractivity contribution in [1.29, 1.82) is 0 Å². The number of nitrogens with zero attached hydrogens (tertiary/aromatic N) is 1. The Labute approximate surface area is 218 Å². The number of carbonyl (C=O) groups is 2. The van der Waals surface area contributed by atoms with Gasteiger partial charge in [-0.1, -0.05) is 48.5 Å². The van der Waals surface area contributed by atoms with E-state index in [0.717, 1.165) is 52.0 Å². The number of amides is 1. The van der Waals surface area contributed by atoms with Crippen molar-refractivity contribution in [2.24, 2.45) is 0 Å². The van der Waals surface area contributed by atoms with Gasteiger partial charge in [-0.25, -0.2) is 9.59 Å². The van der Waals surface area contributed by atoms with Crippen molar-refractivity contribution in [3.8, 4) is 11.1 Å². The molecule has 1 amide bonds. The fourth-order valence-corrected chi connectivity index (χ4v) is 5.81. The number of aliphatic carboxylic acids is 1. The fraction of sp³-hybridized carbons (Fsp3) is 0.355. The number of ether oxygens (including phenoxy) is 1. The lowest BCUT2D eigenvalue weighted by Gasteiger charge is -2.30. The Morgan fingerprint density at radius 1 is 0.946 bits per heavy atom. The van der Waals surface area contributed by atoms with E-state index in [1.807, 2.05) is 38.1 Å². The highest BCUT2D eigenvalue weighted by atomic mass is 16.5. The molecule has 1 unspecified atom stereocenters. The molecule has 1 saturated heterocycles. The van der Waals surface area contributed by atoms with Crippen molar-refractivity contribution in [1.82, 2.24) is 5.32 Å². The Balaban J connectivity index is 1.26. The first kappa shape index (κ1) is 24.9. The number of alkyl carbamates (subject to hydrolysis) is 1. The zero-order chi connectivity index (χ0) is 25.9. The average molecular weight is 499 g/mol. The highest BCUT2D eigenvalue weighted by Gasteiger charge is 2.30. The van der Waals surface area contributed by atoms with E-state index in [1.165, 1.54) is 24.9 Å². The molecule has 6 heteroatoms. The lowest BCUT2D eigenvalue weighted by atomic mass is 9.95. The van der Waals surface area contributed by atoms with Crippen molar-refractivity contribution >= 4 is 17.7 Å². The van der Waals surface area contributed by atoms with Gasteiger partial charge in [0.05, 0.1) is 0 Å². The van der Waals surface area contributed by atoms with Crippen molar-refractivity contribution in [2.45, 2.75) is 51.5 Å². The van der Waals surface area contributed by atoms with Gasteiger partial charge in [-0.05, 0) is 84.2 Å². The van der Waals surface area contributed by atoms with E-state index in [-0.39, 0.29) is 18.9 Å². The van der Waals surface area contributed by atoms with E-state index in [1.54, 1.807) is 0 Å². The van der Waals surface area contributed by atoms with Crippen molar-refractivity contribution in [3.05, 3.63) is 88.5 Å². The van der Waals surface area contributed by atoms with Crippen molar-refractivity contribution < 1.29 is 19.4 Å². The van der Waals surface area contributed by atoms with Gasteiger partial charge in [0.2, 0.25) is 0 Å². The minimum Gasteiger partial charge on any atom is -0.480 e. The molecule has 0 spiro atoms. The number of anilines is 1. The molecule has 6 nitrogen and oxygen atoms in total. The summed E-state index contributed by atoms with van der Waals surface area (Å²) < 4.78 is 5.60. The van der Waals surface area contributed by atoms with Crippen LogP contribution in [0.1, 0.15) is 53.0 Å². The SMILES string of the molecule is Cc1cc(N2CCCCC2)cc(C)c1CC(NC(=O)OCC1c2ccccc2-c2ccccc21)C(=O)O. The number of rotatable bonds is 7. The van der Waals surface area contributed by atoms with E-state index in [0.29, 0.717) is 0 Å². The molecule has 0 bridgehead atoms. The molecule has 3 aromatic rings. The van der Waals surface area contributed by atoms with E-state index < -0.39 is 18.1 Å². The number of carbonyl (C=O) groups excluding carboxylic acids is 1. The normalized spacial score (nSPS) is 15.6. The third-order valence-electron chi connectivity index (χ3n) is 7.74. The number of piperidine rings is 1. The molecule has 0 radical (unpaired) electrons. The lowest BCUT2D eigenvalue weighted by Crippen LogP contribution is -2.43. The molecule has 1 aliphatic heterocycles. The maximum Gasteiger partial charge on any atom is 0.407 e. The summed E-state index contributed by atoms with van der Waals surface area (Å²) in [5, 5.41) is 12.5. The smallest absolute Gasteiger partial charge is 0.407 e. The first-order valence-corrected chi connectivity index (χ1v) is 13.1. The quantitative estimate of drug-likeness (QED) is 0.429. The topological polar surface area (TPSA) is 78.9 Å². The van der Waals surface area contributed by atoms with Crippen molar-refractivity contribution in [3.63, 3.8) is 0 Å². The first-order chi connectivity index (χ1) is 17.9. The summed E-state index contributed by atoms with van der Waals surface area (Å²) in [6.45, 7) is 6.29. The summed E-state index contributed by atoms with van der Waals surface area (Å²) in [5.41, 5.74) is 8.76. The van der Waals surface area contributed by atoms with Crippen LogP contribution in [0.3, 0.4) is 0 Å². The monoisotopic (exact) mass is 498 g/mol. The second kappa shape index (κ2) is 10.7. The van der Waals surface area contributed by atoms with Crippen LogP contribution in [0.4, 0.5) is 10.5 Å². The van der Waals surface area contributed by atoms with Gasteiger partial charge in [-0.2, -0.15) is 0 Å². The molecule has 0 aromatic heterocycles. The highest BCUT2D eigenvalue weighted by molar-refractivity contribution is 5.81. The average Bonchev–Trinajstić information content (AvgIpc) is 3.22.